The number of rotatable bonds is 6. The summed E-state index contributed by atoms with van der Waals surface area (Å²) in [5.74, 6) is -0.372. The van der Waals surface area contributed by atoms with Crippen LogP contribution < -0.4 is 5.32 Å². The number of nitrogens with one attached hydrogen (secondary N) is 1. The van der Waals surface area contributed by atoms with Crippen molar-refractivity contribution in [2.75, 3.05) is 6.54 Å². The Kier molecular flexibility index (Phi) is 5.58. The van der Waals surface area contributed by atoms with Crippen LogP contribution in [-0.2, 0) is 0 Å². The zero-order chi connectivity index (χ0) is 14.5. The van der Waals surface area contributed by atoms with Crippen molar-refractivity contribution in [3.8, 4) is 10.4 Å². The van der Waals surface area contributed by atoms with E-state index in [9.17, 15) is 4.39 Å². The highest BCUT2D eigenvalue weighted by molar-refractivity contribution is 7.15. The van der Waals surface area contributed by atoms with Gasteiger partial charge in [-0.1, -0.05) is 37.9 Å². The lowest BCUT2D eigenvalue weighted by Crippen LogP contribution is -2.19. The molecule has 1 unspecified atom stereocenters. The van der Waals surface area contributed by atoms with Crippen LogP contribution in [-0.4, -0.2) is 6.54 Å². The van der Waals surface area contributed by atoms with Crippen molar-refractivity contribution < 1.29 is 4.39 Å². The molecule has 2 aromatic rings. The Morgan fingerprint density at radius 1 is 1.25 bits per heavy atom. The van der Waals surface area contributed by atoms with Crippen LogP contribution in [0.15, 0.2) is 30.3 Å². The zero-order valence-electron chi connectivity index (χ0n) is 11.7. The summed E-state index contributed by atoms with van der Waals surface area (Å²) in [5, 5.41) is 3.68. The Morgan fingerprint density at radius 3 is 2.70 bits per heavy atom. The molecule has 4 heteroatoms. The SMILES string of the molecule is CCCC(NCC)c1ccc(-c2ccc(F)c(Cl)c2)s1. The molecule has 0 aliphatic heterocycles. The fourth-order valence-electron chi connectivity index (χ4n) is 2.22. The standard InChI is InChI=1S/C16H19ClFNS/c1-3-5-14(19-4-2)16-9-8-15(20-16)11-6-7-13(18)12(17)10-11/h6-10,14,19H,3-5H2,1-2H3. The average molecular weight is 312 g/mol. The van der Waals surface area contributed by atoms with E-state index >= 15 is 0 Å². The second-order valence-corrected chi connectivity index (χ2v) is 6.25. The van der Waals surface area contributed by atoms with E-state index in [1.165, 1.54) is 10.9 Å². The normalized spacial score (nSPS) is 12.6. The summed E-state index contributed by atoms with van der Waals surface area (Å²) in [7, 11) is 0. The topological polar surface area (TPSA) is 12.0 Å². The van der Waals surface area contributed by atoms with E-state index in [-0.39, 0.29) is 10.8 Å². The third kappa shape index (κ3) is 3.60. The zero-order valence-corrected chi connectivity index (χ0v) is 13.3. The van der Waals surface area contributed by atoms with Gasteiger partial charge in [0.05, 0.1) is 5.02 Å². The maximum absolute atomic E-state index is 13.2. The third-order valence-corrected chi connectivity index (χ3v) is 4.74. The highest BCUT2D eigenvalue weighted by Gasteiger charge is 2.13. The highest BCUT2D eigenvalue weighted by atomic mass is 35.5. The third-order valence-electron chi connectivity index (χ3n) is 3.20. The van der Waals surface area contributed by atoms with Gasteiger partial charge in [-0.05, 0) is 42.8 Å². The van der Waals surface area contributed by atoms with Crippen LogP contribution in [0.1, 0.15) is 37.6 Å². The van der Waals surface area contributed by atoms with Crippen LogP contribution in [0.5, 0.6) is 0 Å². The summed E-state index contributed by atoms with van der Waals surface area (Å²) in [6.45, 7) is 5.27. The van der Waals surface area contributed by atoms with Crippen molar-refractivity contribution >= 4 is 22.9 Å². The predicted molar refractivity (Wildman–Crippen MR) is 86.0 cm³/mol. The number of benzene rings is 1. The summed E-state index contributed by atoms with van der Waals surface area (Å²) in [4.78, 5) is 2.45. The molecule has 108 valence electrons. The van der Waals surface area contributed by atoms with E-state index in [0.717, 1.165) is 29.8 Å². The largest absolute Gasteiger partial charge is 0.310 e. The number of hydrogen-bond donors (Lipinski definition) is 1. The number of halogens is 2. The van der Waals surface area contributed by atoms with Gasteiger partial charge in [0.15, 0.2) is 0 Å². The van der Waals surface area contributed by atoms with Crippen LogP contribution in [0.3, 0.4) is 0 Å². The van der Waals surface area contributed by atoms with Crippen molar-refractivity contribution in [2.45, 2.75) is 32.7 Å². The first-order chi connectivity index (χ1) is 9.65. The van der Waals surface area contributed by atoms with Crippen molar-refractivity contribution in [3.63, 3.8) is 0 Å². The Morgan fingerprint density at radius 2 is 2.05 bits per heavy atom. The van der Waals surface area contributed by atoms with Gasteiger partial charge < -0.3 is 5.32 Å². The first-order valence-electron chi connectivity index (χ1n) is 6.94. The summed E-state index contributed by atoms with van der Waals surface area (Å²) >= 11 is 7.59. The van der Waals surface area contributed by atoms with Gasteiger partial charge in [-0.25, -0.2) is 4.39 Å². The van der Waals surface area contributed by atoms with Gasteiger partial charge in [-0.3, -0.25) is 0 Å². The van der Waals surface area contributed by atoms with Crippen molar-refractivity contribution in [1.82, 2.24) is 5.32 Å². The molecular formula is C16H19ClFNS. The van der Waals surface area contributed by atoms with E-state index in [1.54, 1.807) is 23.5 Å². The molecule has 0 saturated carbocycles. The van der Waals surface area contributed by atoms with E-state index < -0.39 is 0 Å². The van der Waals surface area contributed by atoms with Gasteiger partial charge in [0, 0.05) is 15.8 Å². The fraction of sp³-hybridized carbons (Fsp3) is 0.375. The summed E-state index contributed by atoms with van der Waals surface area (Å²) in [6.07, 6.45) is 2.27. The lowest BCUT2D eigenvalue weighted by Gasteiger charge is -2.15. The molecule has 0 saturated heterocycles. The minimum atomic E-state index is -0.372. The maximum Gasteiger partial charge on any atom is 0.141 e. The molecule has 0 radical (unpaired) electrons. The van der Waals surface area contributed by atoms with Crippen molar-refractivity contribution in [3.05, 3.63) is 46.0 Å². The van der Waals surface area contributed by atoms with Crippen LogP contribution >= 0.6 is 22.9 Å². The number of thiophene rings is 1. The predicted octanol–water partition coefficient (Wildman–Crippen LogP) is 5.66. The minimum absolute atomic E-state index is 0.175. The number of hydrogen-bond acceptors (Lipinski definition) is 2. The Bertz CT molecular complexity index is 561. The van der Waals surface area contributed by atoms with Gasteiger partial charge >= 0.3 is 0 Å². The van der Waals surface area contributed by atoms with Gasteiger partial charge in [0.2, 0.25) is 0 Å². The molecule has 1 heterocycles. The second kappa shape index (κ2) is 7.21. The lowest BCUT2D eigenvalue weighted by molar-refractivity contribution is 0.516. The molecule has 1 aromatic heterocycles. The van der Waals surface area contributed by atoms with Gasteiger partial charge in [0.25, 0.3) is 0 Å². The molecule has 0 bridgehead atoms. The van der Waals surface area contributed by atoms with Crippen LogP contribution in [0.2, 0.25) is 5.02 Å². The molecule has 0 aliphatic carbocycles. The smallest absolute Gasteiger partial charge is 0.141 e. The van der Waals surface area contributed by atoms with Crippen LogP contribution in [0, 0.1) is 5.82 Å². The fourth-order valence-corrected chi connectivity index (χ4v) is 3.52. The molecule has 20 heavy (non-hydrogen) atoms. The Labute approximate surface area is 128 Å². The summed E-state index contributed by atoms with van der Waals surface area (Å²) < 4.78 is 13.2. The van der Waals surface area contributed by atoms with Gasteiger partial charge in [-0.15, -0.1) is 11.3 Å². The highest BCUT2D eigenvalue weighted by Crippen LogP contribution is 2.34. The van der Waals surface area contributed by atoms with Crippen LogP contribution in [0.25, 0.3) is 10.4 Å². The van der Waals surface area contributed by atoms with Gasteiger partial charge in [-0.2, -0.15) is 0 Å². The Hall–Kier alpha value is -0.900. The first kappa shape index (κ1) is 15.5. The average Bonchev–Trinajstić information content (AvgIpc) is 2.91. The van der Waals surface area contributed by atoms with E-state index in [4.69, 9.17) is 11.6 Å². The molecule has 1 N–H and O–H groups in total. The molecule has 0 amide bonds. The summed E-state index contributed by atoms with van der Waals surface area (Å²) in [5.41, 5.74) is 0.972. The quantitative estimate of drug-likeness (QED) is 0.726. The molecule has 0 spiro atoms. The molecule has 0 aliphatic rings. The van der Waals surface area contributed by atoms with E-state index in [0.29, 0.717) is 6.04 Å². The second-order valence-electron chi connectivity index (χ2n) is 4.73. The van der Waals surface area contributed by atoms with E-state index in [2.05, 4.69) is 31.3 Å². The minimum Gasteiger partial charge on any atom is -0.310 e. The van der Waals surface area contributed by atoms with E-state index in [1.807, 2.05) is 0 Å². The van der Waals surface area contributed by atoms with Crippen molar-refractivity contribution in [2.24, 2.45) is 0 Å². The monoisotopic (exact) mass is 311 g/mol. The van der Waals surface area contributed by atoms with Gasteiger partial charge in [0.1, 0.15) is 5.82 Å². The maximum atomic E-state index is 13.2. The van der Waals surface area contributed by atoms with Crippen molar-refractivity contribution in [1.29, 1.82) is 0 Å². The molecule has 1 nitrogen and oxygen atoms in total. The molecule has 1 aromatic carbocycles. The molecule has 2 rings (SSSR count). The first-order valence-corrected chi connectivity index (χ1v) is 8.13. The Balaban J connectivity index is 2.24. The molecule has 1 atom stereocenters. The summed E-state index contributed by atoms with van der Waals surface area (Å²) in [6, 6.07) is 9.53. The lowest BCUT2D eigenvalue weighted by atomic mass is 10.1. The van der Waals surface area contributed by atoms with Crippen LogP contribution in [0.4, 0.5) is 4.39 Å². The molecular weight excluding hydrogens is 293 g/mol. The molecule has 0 fully saturated rings.